The maximum Gasteiger partial charge on any atom is 0.228 e. The first-order chi connectivity index (χ1) is 8.70. The lowest BCUT2D eigenvalue weighted by Crippen LogP contribution is -2.32. The SMILES string of the molecule is CNC(Cc1nc(-c2cccnc2)no1)C(C)C. The summed E-state index contributed by atoms with van der Waals surface area (Å²) in [6.45, 7) is 4.33. The molecule has 5 heteroatoms. The molecule has 0 bridgehead atoms. The highest BCUT2D eigenvalue weighted by molar-refractivity contribution is 5.51. The van der Waals surface area contributed by atoms with Crippen molar-refractivity contribution >= 4 is 0 Å². The summed E-state index contributed by atoms with van der Waals surface area (Å²) in [6, 6.07) is 4.11. The zero-order chi connectivity index (χ0) is 13.0. The van der Waals surface area contributed by atoms with Gasteiger partial charge in [-0.15, -0.1) is 0 Å². The molecule has 1 N–H and O–H groups in total. The van der Waals surface area contributed by atoms with Crippen LogP contribution in [0.3, 0.4) is 0 Å². The van der Waals surface area contributed by atoms with E-state index in [1.54, 1.807) is 12.4 Å². The molecule has 0 fully saturated rings. The second kappa shape index (κ2) is 5.73. The van der Waals surface area contributed by atoms with E-state index in [0.717, 1.165) is 12.0 Å². The van der Waals surface area contributed by atoms with Crippen molar-refractivity contribution in [3.63, 3.8) is 0 Å². The quantitative estimate of drug-likeness (QED) is 0.873. The van der Waals surface area contributed by atoms with Gasteiger partial charge >= 0.3 is 0 Å². The van der Waals surface area contributed by atoms with E-state index in [4.69, 9.17) is 4.52 Å². The largest absolute Gasteiger partial charge is 0.339 e. The van der Waals surface area contributed by atoms with Crippen LogP contribution in [0, 0.1) is 5.92 Å². The van der Waals surface area contributed by atoms with Crippen molar-refractivity contribution in [3.05, 3.63) is 30.4 Å². The number of hydrogen-bond donors (Lipinski definition) is 1. The summed E-state index contributed by atoms with van der Waals surface area (Å²) < 4.78 is 5.27. The molecule has 2 heterocycles. The molecule has 0 aliphatic rings. The van der Waals surface area contributed by atoms with E-state index in [9.17, 15) is 0 Å². The number of nitrogens with one attached hydrogen (secondary N) is 1. The zero-order valence-electron chi connectivity index (χ0n) is 10.9. The Morgan fingerprint density at radius 1 is 1.39 bits per heavy atom. The van der Waals surface area contributed by atoms with Crippen molar-refractivity contribution in [2.75, 3.05) is 7.05 Å². The van der Waals surface area contributed by atoms with Crippen molar-refractivity contribution in [2.24, 2.45) is 5.92 Å². The topological polar surface area (TPSA) is 63.8 Å². The Bertz CT molecular complexity index is 481. The number of pyridine rings is 1. The molecule has 0 aliphatic heterocycles. The fourth-order valence-corrected chi connectivity index (χ4v) is 1.81. The average molecular weight is 246 g/mol. The van der Waals surface area contributed by atoms with E-state index in [1.165, 1.54) is 0 Å². The van der Waals surface area contributed by atoms with Gasteiger partial charge in [-0.05, 0) is 25.1 Å². The highest BCUT2D eigenvalue weighted by atomic mass is 16.5. The summed E-state index contributed by atoms with van der Waals surface area (Å²) in [5, 5.41) is 7.24. The smallest absolute Gasteiger partial charge is 0.228 e. The highest BCUT2D eigenvalue weighted by Crippen LogP contribution is 2.15. The van der Waals surface area contributed by atoms with Crippen LogP contribution in [0.5, 0.6) is 0 Å². The molecule has 18 heavy (non-hydrogen) atoms. The predicted octanol–water partition coefficient (Wildman–Crippen LogP) is 1.92. The Labute approximate surface area is 107 Å². The van der Waals surface area contributed by atoms with Crippen LogP contribution in [0.15, 0.2) is 29.0 Å². The van der Waals surface area contributed by atoms with Crippen LogP contribution in [-0.2, 0) is 6.42 Å². The second-order valence-corrected chi connectivity index (χ2v) is 4.60. The second-order valence-electron chi connectivity index (χ2n) is 4.60. The number of hydrogen-bond acceptors (Lipinski definition) is 5. The van der Waals surface area contributed by atoms with Crippen LogP contribution in [0.1, 0.15) is 19.7 Å². The molecule has 0 radical (unpaired) electrons. The molecule has 0 aliphatic carbocycles. The molecular weight excluding hydrogens is 228 g/mol. The molecule has 0 saturated carbocycles. The van der Waals surface area contributed by atoms with Crippen molar-refractivity contribution in [2.45, 2.75) is 26.3 Å². The predicted molar refractivity (Wildman–Crippen MR) is 68.9 cm³/mol. The lowest BCUT2D eigenvalue weighted by atomic mass is 10.0. The van der Waals surface area contributed by atoms with E-state index in [1.807, 2.05) is 19.2 Å². The van der Waals surface area contributed by atoms with Gasteiger partial charge in [0.2, 0.25) is 11.7 Å². The van der Waals surface area contributed by atoms with Crippen molar-refractivity contribution in [1.82, 2.24) is 20.4 Å². The van der Waals surface area contributed by atoms with Crippen LogP contribution < -0.4 is 5.32 Å². The highest BCUT2D eigenvalue weighted by Gasteiger charge is 2.16. The number of aromatic nitrogens is 3. The van der Waals surface area contributed by atoms with Gasteiger partial charge in [-0.2, -0.15) is 4.98 Å². The summed E-state index contributed by atoms with van der Waals surface area (Å²) >= 11 is 0. The van der Waals surface area contributed by atoms with E-state index in [2.05, 4.69) is 34.3 Å². The fraction of sp³-hybridized carbons (Fsp3) is 0.462. The monoisotopic (exact) mass is 246 g/mol. The van der Waals surface area contributed by atoms with Crippen LogP contribution in [0.4, 0.5) is 0 Å². The molecule has 2 rings (SSSR count). The standard InChI is InChI=1S/C13H18N4O/c1-9(2)11(14-3)7-12-16-13(17-18-12)10-5-4-6-15-8-10/h4-6,8-9,11,14H,7H2,1-3H3. The number of likely N-dealkylation sites (N-methyl/N-ethyl adjacent to an activating group) is 1. The maximum absolute atomic E-state index is 5.27. The first kappa shape index (κ1) is 12.7. The summed E-state index contributed by atoms with van der Waals surface area (Å²) in [4.78, 5) is 8.43. The molecule has 0 aromatic carbocycles. The van der Waals surface area contributed by atoms with E-state index < -0.39 is 0 Å². The molecule has 1 atom stereocenters. The van der Waals surface area contributed by atoms with Gasteiger partial charge in [-0.25, -0.2) is 0 Å². The summed E-state index contributed by atoms with van der Waals surface area (Å²) in [5.41, 5.74) is 0.873. The van der Waals surface area contributed by atoms with Gasteiger partial charge < -0.3 is 9.84 Å². The molecule has 96 valence electrons. The Hall–Kier alpha value is -1.75. The van der Waals surface area contributed by atoms with Gasteiger partial charge in [0.1, 0.15) is 0 Å². The minimum atomic E-state index is 0.340. The molecule has 2 aromatic rings. The van der Waals surface area contributed by atoms with Gasteiger partial charge in [0.05, 0.1) is 0 Å². The maximum atomic E-state index is 5.27. The van der Waals surface area contributed by atoms with Crippen LogP contribution in [-0.4, -0.2) is 28.2 Å². The van der Waals surface area contributed by atoms with Gasteiger partial charge in [-0.3, -0.25) is 4.98 Å². The molecule has 5 nitrogen and oxygen atoms in total. The van der Waals surface area contributed by atoms with Crippen molar-refractivity contribution < 1.29 is 4.52 Å². The summed E-state index contributed by atoms with van der Waals surface area (Å²) in [7, 11) is 1.95. The Balaban J connectivity index is 2.11. The lowest BCUT2D eigenvalue weighted by molar-refractivity contribution is 0.335. The number of nitrogens with zero attached hydrogens (tertiary/aromatic N) is 3. The molecule has 0 saturated heterocycles. The Kier molecular flexibility index (Phi) is 4.04. The van der Waals surface area contributed by atoms with Gasteiger partial charge in [0.25, 0.3) is 0 Å². The minimum absolute atomic E-state index is 0.340. The molecule has 2 aromatic heterocycles. The third kappa shape index (κ3) is 2.92. The van der Waals surface area contributed by atoms with Crippen molar-refractivity contribution in [3.8, 4) is 11.4 Å². The fourth-order valence-electron chi connectivity index (χ4n) is 1.81. The van der Waals surface area contributed by atoms with Crippen LogP contribution in [0.2, 0.25) is 0 Å². The van der Waals surface area contributed by atoms with Gasteiger partial charge in [0.15, 0.2) is 0 Å². The van der Waals surface area contributed by atoms with Crippen LogP contribution in [0.25, 0.3) is 11.4 Å². The van der Waals surface area contributed by atoms with Crippen LogP contribution >= 0.6 is 0 Å². The van der Waals surface area contributed by atoms with Gasteiger partial charge in [-0.1, -0.05) is 19.0 Å². The molecule has 0 amide bonds. The van der Waals surface area contributed by atoms with E-state index >= 15 is 0 Å². The lowest BCUT2D eigenvalue weighted by Gasteiger charge is -2.17. The average Bonchev–Trinajstić information content (AvgIpc) is 2.85. The molecular formula is C13H18N4O. The zero-order valence-corrected chi connectivity index (χ0v) is 10.9. The van der Waals surface area contributed by atoms with E-state index in [-0.39, 0.29) is 0 Å². The van der Waals surface area contributed by atoms with E-state index in [0.29, 0.717) is 23.7 Å². The third-order valence-electron chi connectivity index (χ3n) is 2.96. The summed E-state index contributed by atoms with van der Waals surface area (Å²) in [6.07, 6.45) is 4.19. The Morgan fingerprint density at radius 2 is 2.22 bits per heavy atom. The normalized spacial score (nSPS) is 12.9. The molecule has 0 spiro atoms. The number of rotatable bonds is 5. The van der Waals surface area contributed by atoms with Gasteiger partial charge in [0, 0.05) is 30.4 Å². The Morgan fingerprint density at radius 3 is 2.83 bits per heavy atom. The third-order valence-corrected chi connectivity index (χ3v) is 2.96. The summed E-state index contributed by atoms with van der Waals surface area (Å²) in [5.74, 6) is 1.77. The molecule has 1 unspecified atom stereocenters. The first-order valence-electron chi connectivity index (χ1n) is 6.11. The first-order valence-corrected chi connectivity index (χ1v) is 6.11. The minimum Gasteiger partial charge on any atom is -0.339 e. The van der Waals surface area contributed by atoms with Crippen molar-refractivity contribution in [1.29, 1.82) is 0 Å².